The van der Waals surface area contributed by atoms with Gasteiger partial charge in [0.1, 0.15) is 5.82 Å². The van der Waals surface area contributed by atoms with E-state index in [0.29, 0.717) is 25.9 Å². The highest BCUT2D eigenvalue weighted by molar-refractivity contribution is 7.89. The number of halogens is 1. The van der Waals surface area contributed by atoms with Crippen LogP contribution < -0.4 is 15.8 Å². The number of sulfonamides is 1. The minimum Gasteiger partial charge on any atom is -0.351 e. The Morgan fingerprint density at radius 1 is 1.07 bits per heavy atom. The van der Waals surface area contributed by atoms with E-state index < -0.39 is 10.0 Å². The van der Waals surface area contributed by atoms with E-state index in [1.807, 2.05) is 12.2 Å². The van der Waals surface area contributed by atoms with Crippen LogP contribution in [-0.4, -0.2) is 33.5 Å². The Labute approximate surface area is 159 Å². The standard InChI is InChI=1S/C19H24FN3O3S/c1-14(19(24)23-13-11-15-2-6-17(20)7-3-15)22-12-10-16-4-8-18(9-5-16)27(21,25)26/h2-9,14,22H,10-13H2,1H3,(H,23,24)(H2,21,25,26)/p+1/t14-/m0/s1. The van der Waals surface area contributed by atoms with Crippen molar-refractivity contribution in [1.29, 1.82) is 0 Å². The first kappa shape index (κ1) is 21.0. The normalized spacial score (nSPS) is 12.6. The summed E-state index contributed by atoms with van der Waals surface area (Å²) in [5.74, 6) is -0.327. The number of hydrogen-bond donors (Lipinski definition) is 3. The number of amides is 1. The molecule has 0 radical (unpaired) electrons. The molecule has 146 valence electrons. The molecule has 0 saturated heterocycles. The molecule has 0 aliphatic carbocycles. The lowest BCUT2D eigenvalue weighted by atomic mass is 10.1. The topological polar surface area (TPSA) is 106 Å². The van der Waals surface area contributed by atoms with Crippen LogP contribution in [0.4, 0.5) is 4.39 Å². The number of rotatable bonds is 9. The van der Waals surface area contributed by atoms with Gasteiger partial charge in [-0.05, 0) is 48.7 Å². The van der Waals surface area contributed by atoms with Gasteiger partial charge in [0.2, 0.25) is 10.0 Å². The highest BCUT2D eigenvalue weighted by Gasteiger charge is 2.15. The molecule has 1 atom stereocenters. The van der Waals surface area contributed by atoms with Gasteiger partial charge in [-0.3, -0.25) is 4.79 Å². The highest BCUT2D eigenvalue weighted by atomic mass is 32.2. The van der Waals surface area contributed by atoms with Crippen molar-refractivity contribution in [3.8, 4) is 0 Å². The van der Waals surface area contributed by atoms with Crippen LogP contribution in [0, 0.1) is 5.82 Å². The molecule has 6 nitrogen and oxygen atoms in total. The van der Waals surface area contributed by atoms with Crippen molar-refractivity contribution in [3.63, 3.8) is 0 Å². The molecule has 0 heterocycles. The smallest absolute Gasteiger partial charge is 0.277 e. The van der Waals surface area contributed by atoms with Crippen LogP contribution in [0.15, 0.2) is 53.4 Å². The lowest BCUT2D eigenvalue weighted by molar-refractivity contribution is -0.673. The molecule has 8 heteroatoms. The van der Waals surface area contributed by atoms with Crippen molar-refractivity contribution in [2.24, 2.45) is 5.14 Å². The number of quaternary nitrogens is 1. The highest BCUT2D eigenvalue weighted by Crippen LogP contribution is 2.08. The van der Waals surface area contributed by atoms with Crippen LogP contribution in [0.2, 0.25) is 0 Å². The minimum atomic E-state index is -3.68. The van der Waals surface area contributed by atoms with E-state index >= 15 is 0 Å². The van der Waals surface area contributed by atoms with Gasteiger partial charge in [-0.1, -0.05) is 24.3 Å². The first-order valence-electron chi connectivity index (χ1n) is 8.73. The van der Waals surface area contributed by atoms with Gasteiger partial charge in [0.25, 0.3) is 5.91 Å². The first-order chi connectivity index (χ1) is 12.8. The summed E-state index contributed by atoms with van der Waals surface area (Å²) in [6.45, 7) is 3.02. The van der Waals surface area contributed by atoms with Crippen LogP contribution >= 0.6 is 0 Å². The third kappa shape index (κ3) is 7.09. The molecule has 0 saturated carbocycles. The fourth-order valence-electron chi connectivity index (χ4n) is 2.59. The Morgan fingerprint density at radius 2 is 1.63 bits per heavy atom. The van der Waals surface area contributed by atoms with Gasteiger partial charge >= 0.3 is 0 Å². The van der Waals surface area contributed by atoms with E-state index in [1.54, 1.807) is 24.3 Å². The fraction of sp³-hybridized carbons (Fsp3) is 0.316. The van der Waals surface area contributed by atoms with Crippen LogP contribution in [0.5, 0.6) is 0 Å². The minimum absolute atomic E-state index is 0.0540. The number of primary sulfonamides is 1. The zero-order valence-electron chi connectivity index (χ0n) is 15.2. The van der Waals surface area contributed by atoms with E-state index in [2.05, 4.69) is 5.32 Å². The molecule has 2 rings (SSSR count). The molecule has 0 aliphatic rings. The van der Waals surface area contributed by atoms with Gasteiger partial charge in [0.15, 0.2) is 6.04 Å². The van der Waals surface area contributed by atoms with Crippen LogP contribution in [0.3, 0.4) is 0 Å². The Balaban J connectivity index is 1.69. The summed E-state index contributed by atoms with van der Waals surface area (Å²) in [5, 5.41) is 9.87. The quantitative estimate of drug-likeness (QED) is 0.570. The Hall–Kier alpha value is -2.29. The van der Waals surface area contributed by atoms with Crippen LogP contribution in [-0.2, 0) is 27.7 Å². The van der Waals surface area contributed by atoms with Gasteiger partial charge in [0, 0.05) is 13.0 Å². The fourth-order valence-corrected chi connectivity index (χ4v) is 3.11. The summed E-state index contributed by atoms with van der Waals surface area (Å²) in [7, 11) is -3.68. The van der Waals surface area contributed by atoms with Crippen molar-refractivity contribution < 1.29 is 22.9 Å². The van der Waals surface area contributed by atoms with Gasteiger partial charge < -0.3 is 10.6 Å². The largest absolute Gasteiger partial charge is 0.351 e. The van der Waals surface area contributed by atoms with E-state index in [9.17, 15) is 17.6 Å². The predicted molar refractivity (Wildman–Crippen MR) is 101 cm³/mol. The van der Waals surface area contributed by atoms with Crippen LogP contribution in [0.1, 0.15) is 18.1 Å². The van der Waals surface area contributed by atoms with Crippen LogP contribution in [0.25, 0.3) is 0 Å². The number of hydrogen-bond acceptors (Lipinski definition) is 3. The summed E-state index contributed by atoms with van der Waals surface area (Å²) in [6, 6.07) is 12.4. The van der Waals surface area contributed by atoms with Gasteiger partial charge in [-0.15, -0.1) is 0 Å². The third-order valence-electron chi connectivity index (χ3n) is 4.24. The molecular weight excluding hydrogens is 369 g/mol. The predicted octanol–water partition coefficient (Wildman–Crippen LogP) is 0.326. The molecule has 1 amide bonds. The van der Waals surface area contributed by atoms with Crippen molar-refractivity contribution in [2.45, 2.75) is 30.7 Å². The van der Waals surface area contributed by atoms with Crippen molar-refractivity contribution in [2.75, 3.05) is 13.1 Å². The van der Waals surface area contributed by atoms with E-state index in [0.717, 1.165) is 11.1 Å². The summed E-state index contributed by atoms with van der Waals surface area (Å²) in [6.07, 6.45) is 1.35. The molecule has 0 spiro atoms. The maximum absolute atomic E-state index is 12.8. The van der Waals surface area contributed by atoms with Crippen molar-refractivity contribution >= 4 is 15.9 Å². The molecule has 0 fully saturated rings. The molecule has 2 aromatic carbocycles. The molecule has 0 unspecified atom stereocenters. The Bertz CT molecular complexity index is 853. The molecule has 2 aromatic rings. The first-order valence-corrected chi connectivity index (χ1v) is 10.3. The maximum Gasteiger partial charge on any atom is 0.277 e. The van der Waals surface area contributed by atoms with E-state index in [-0.39, 0.29) is 22.7 Å². The SMILES string of the molecule is C[C@H]([NH2+]CCc1ccc(S(N)(=O)=O)cc1)C(=O)NCCc1ccc(F)cc1. The molecule has 0 aliphatic heterocycles. The average molecular weight is 394 g/mol. The number of carbonyl (C=O) groups excluding carboxylic acids is 1. The lowest BCUT2D eigenvalue weighted by Gasteiger charge is -2.11. The van der Waals surface area contributed by atoms with Crippen molar-refractivity contribution in [3.05, 3.63) is 65.5 Å². The van der Waals surface area contributed by atoms with Crippen molar-refractivity contribution in [1.82, 2.24) is 5.32 Å². The van der Waals surface area contributed by atoms with Gasteiger partial charge in [0.05, 0.1) is 11.4 Å². The lowest BCUT2D eigenvalue weighted by Crippen LogP contribution is -2.92. The van der Waals surface area contributed by atoms with E-state index in [1.165, 1.54) is 24.3 Å². The van der Waals surface area contributed by atoms with Gasteiger partial charge in [-0.2, -0.15) is 0 Å². The monoisotopic (exact) mass is 394 g/mol. The third-order valence-corrected chi connectivity index (χ3v) is 5.17. The zero-order chi connectivity index (χ0) is 19.9. The Morgan fingerprint density at radius 3 is 2.22 bits per heavy atom. The second kappa shape index (κ2) is 9.59. The average Bonchev–Trinajstić information content (AvgIpc) is 2.63. The number of nitrogens with one attached hydrogen (secondary N) is 1. The maximum atomic E-state index is 12.8. The summed E-state index contributed by atoms with van der Waals surface area (Å²) in [5.41, 5.74) is 1.94. The number of benzene rings is 2. The zero-order valence-corrected chi connectivity index (χ0v) is 16.0. The number of nitrogens with two attached hydrogens (primary N) is 2. The second-order valence-electron chi connectivity index (χ2n) is 6.42. The molecule has 0 aromatic heterocycles. The summed E-state index contributed by atoms with van der Waals surface area (Å²) in [4.78, 5) is 12.2. The molecule has 0 bridgehead atoms. The Kier molecular flexibility index (Phi) is 7.46. The second-order valence-corrected chi connectivity index (χ2v) is 7.98. The summed E-state index contributed by atoms with van der Waals surface area (Å²) >= 11 is 0. The summed E-state index contributed by atoms with van der Waals surface area (Å²) < 4.78 is 35.3. The molecule has 5 N–H and O–H groups in total. The molecular formula is C19H25FN3O3S+. The van der Waals surface area contributed by atoms with E-state index in [4.69, 9.17) is 5.14 Å². The van der Waals surface area contributed by atoms with Gasteiger partial charge in [-0.25, -0.2) is 17.9 Å². The molecule has 27 heavy (non-hydrogen) atoms. The number of carbonyl (C=O) groups is 1.